The van der Waals surface area contributed by atoms with E-state index < -0.39 is 0 Å². The van der Waals surface area contributed by atoms with E-state index in [9.17, 15) is 4.39 Å². The van der Waals surface area contributed by atoms with Gasteiger partial charge in [0.15, 0.2) is 0 Å². The summed E-state index contributed by atoms with van der Waals surface area (Å²) >= 11 is 0. The van der Waals surface area contributed by atoms with Crippen LogP contribution in [0.3, 0.4) is 0 Å². The van der Waals surface area contributed by atoms with Gasteiger partial charge in [0.2, 0.25) is 0 Å². The summed E-state index contributed by atoms with van der Waals surface area (Å²) in [4.78, 5) is 0. The third kappa shape index (κ3) is 3.04. The van der Waals surface area contributed by atoms with Crippen LogP contribution in [0.2, 0.25) is 0 Å². The predicted octanol–water partition coefficient (Wildman–Crippen LogP) is 4.45. The first-order chi connectivity index (χ1) is 9.13. The van der Waals surface area contributed by atoms with Gasteiger partial charge in [-0.25, -0.2) is 4.39 Å². The Morgan fingerprint density at radius 2 is 2.05 bits per heavy atom. The molecule has 0 amide bonds. The number of halogens is 1. The number of benzene rings is 1. The Balaban J connectivity index is 2.23. The number of nitrogens with one attached hydrogen (secondary N) is 1. The van der Waals surface area contributed by atoms with Crippen LogP contribution in [-0.2, 0) is 0 Å². The standard InChI is InChI=1S/C16H20FNO/c1-4-10-18-12(3)15-8-9-16(19-15)13-6-5-7-14(17)11(13)2/h5-9,12,18H,4,10H2,1-3H3. The molecule has 0 bridgehead atoms. The van der Waals surface area contributed by atoms with Crippen molar-refractivity contribution in [3.63, 3.8) is 0 Å². The molecule has 19 heavy (non-hydrogen) atoms. The molecule has 2 rings (SSSR count). The molecule has 1 heterocycles. The third-order valence-electron chi connectivity index (χ3n) is 3.29. The molecule has 1 aromatic heterocycles. The van der Waals surface area contributed by atoms with E-state index >= 15 is 0 Å². The summed E-state index contributed by atoms with van der Waals surface area (Å²) in [5.74, 6) is 1.40. The highest BCUT2D eigenvalue weighted by Crippen LogP contribution is 2.28. The van der Waals surface area contributed by atoms with Gasteiger partial charge >= 0.3 is 0 Å². The maximum Gasteiger partial charge on any atom is 0.134 e. The zero-order valence-electron chi connectivity index (χ0n) is 11.7. The van der Waals surface area contributed by atoms with Crippen LogP contribution >= 0.6 is 0 Å². The SMILES string of the molecule is CCCNC(C)c1ccc(-c2cccc(F)c2C)o1. The first-order valence-electron chi connectivity index (χ1n) is 6.72. The first-order valence-corrected chi connectivity index (χ1v) is 6.72. The van der Waals surface area contributed by atoms with E-state index in [1.54, 1.807) is 13.0 Å². The molecule has 0 saturated carbocycles. The molecule has 0 aliphatic carbocycles. The zero-order valence-corrected chi connectivity index (χ0v) is 11.7. The lowest BCUT2D eigenvalue weighted by molar-refractivity contribution is 0.438. The Bertz CT molecular complexity index is 547. The van der Waals surface area contributed by atoms with Crippen molar-refractivity contribution >= 4 is 0 Å². The summed E-state index contributed by atoms with van der Waals surface area (Å²) < 4.78 is 19.4. The normalized spacial score (nSPS) is 12.6. The van der Waals surface area contributed by atoms with Crippen LogP contribution < -0.4 is 5.32 Å². The fourth-order valence-electron chi connectivity index (χ4n) is 2.07. The molecule has 0 spiro atoms. The predicted molar refractivity (Wildman–Crippen MR) is 75.5 cm³/mol. The highest BCUT2D eigenvalue weighted by molar-refractivity contribution is 5.62. The fourth-order valence-corrected chi connectivity index (χ4v) is 2.07. The second-order valence-corrected chi connectivity index (χ2v) is 4.79. The number of rotatable bonds is 5. The molecule has 2 nitrogen and oxygen atoms in total. The van der Waals surface area contributed by atoms with Gasteiger partial charge < -0.3 is 9.73 Å². The molecule has 3 heteroatoms. The minimum absolute atomic E-state index is 0.169. The average molecular weight is 261 g/mol. The van der Waals surface area contributed by atoms with Gasteiger partial charge in [-0.15, -0.1) is 0 Å². The number of hydrogen-bond acceptors (Lipinski definition) is 2. The summed E-state index contributed by atoms with van der Waals surface area (Å²) in [6.07, 6.45) is 1.08. The van der Waals surface area contributed by atoms with Gasteiger partial charge in [0.25, 0.3) is 0 Å². The van der Waals surface area contributed by atoms with E-state index in [1.165, 1.54) is 6.07 Å². The van der Waals surface area contributed by atoms with Crippen molar-refractivity contribution < 1.29 is 8.81 Å². The second kappa shape index (κ2) is 6.02. The maximum absolute atomic E-state index is 13.5. The van der Waals surface area contributed by atoms with Gasteiger partial charge in [0.1, 0.15) is 17.3 Å². The average Bonchev–Trinajstić information content (AvgIpc) is 2.88. The summed E-state index contributed by atoms with van der Waals surface area (Å²) in [5.41, 5.74) is 1.44. The molecular formula is C16H20FNO. The largest absolute Gasteiger partial charge is 0.459 e. The lowest BCUT2D eigenvalue weighted by atomic mass is 10.1. The van der Waals surface area contributed by atoms with Crippen molar-refractivity contribution in [2.75, 3.05) is 6.54 Å². The number of furan rings is 1. The van der Waals surface area contributed by atoms with Crippen LogP contribution in [-0.4, -0.2) is 6.54 Å². The van der Waals surface area contributed by atoms with E-state index in [0.29, 0.717) is 5.56 Å². The van der Waals surface area contributed by atoms with Crippen molar-refractivity contribution in [2.45, 2.75) is 33.2 Å². The number of hydrogen-bond donors (Lipinski definition) is 1. The van der Waals surface area contributed by atoms with E-state index in [-0.39, 0.29) is 11.9 Å². The molecule has 0 radical (unpaired) electrons. The molecule has 1 aromatic carbocycles. The van der Waals surface area contributed by atoms with Gasteiger partial charge in [0.05, 0.1) is 6.04 Å². The van der Waals surface area contributed by atoms with E-state index in [4.69, 9.17) is 4.42 Å². The molecule has 1 atom stereocenters. The first kappa shape index (κ1) is 13.8. The van der Waals surface area contributed by atoms with Crippen molar-refractivity contribution in [3.05, 3.63) is 47.5 Å². The molecule has 102 valence electrons. The van der Waals surface area contributed by atoms with Crippen molar-refractivity contribution in [2.24, 2.45) is 0 Å². The van der Waals surface area contributed by atoms with Gasteiger partial charge in [-0.2, -0.15) is 0 Å². The molecule has 0 aliphatic rings. The molecule has 2 aromatic rings. The van der Waals surface area contributed by atoms with Crippen LogP contribution in [0.25, 0.3) is 11.3 Å². The van der Waals surface area contributed by atoms with E-state index in [1.807, 2.05) is 18.2 Å². The highest BCUT2D eigenvalue weighted by atomic mass is 19.1. The Kier molecular flexibility index (Phi) is 4.38. The molecular weight excluding hydrogens is 241 g/mol. The van der Waals surface area contributed by atoms with Gasteiger partial charge in [0, 0.05) is 5.56 Å². The molecule has 1 N–H and O–H groups in total. The van der Waals surface area contributed by atoms with Crippen LogP contribution in [0.1, 0.15) is 37.6 Å². The smallest absolute Gasteiger partial charge is 0.134 e. The lowest BCUT2D eigenvalue weighted by Crippen LogP contribution is -2.18. The monoisotopic (exact) mass is 261 g/mol. The van der Waals surface area contributed by atoms with Crippen LogP contribution in [0.15, 0.2) is 34.7 Å². The van der Waals surface area contributed by atoms with E-state index in [2.05, 4.69) is 19.2 Å². The molecule has 0 aliphatic heterocycles. The van der Waals surface area contributed by atoms with Crippen molar-refractivity contribution in [1.82, 2.24) is 5.32 Å². The van der Waals surface area contributed by atoms with Gasteiger partial charge in [-0.1, -0.05) is 19.1 Å². The van der Waals surface area contributed by atoms with Crippen molar-refractivity contribution in [1.29, 1.82) is 0 Å². The Labute approximate surface area is 113 Å². The summed E-state index contributed by atoms with van der Waals surface area (Å²) in [5, 5.41) is 3.37. The zero-order chi connectivity index (χ0) is 13.8. The molecule has 0 saturated heterocycles. The summed E-state index contributed by atoms with van der Waals surface area (Å²) in [7, 11) is 0. The maximum atomic E-state index is 13.5. The van der Waals surface area contributed by atoms with Crippen LogP contribution in [0.4, 0.5) is 4.39 Å². The third-order valence-corrected chi connectivity index (χ3v) is 3.29. The van der Waals surface area contributed by atoms with Crippen molar-refractivity contribution in [3.8, 4) is 11.3 Å². The molecule has 0 fully saturated rings. The molecule has 1 unspecified atom stereocenters. The minimum atomic E-state index is -0.201. The van der Waals surface area contributed by atoms with Gasteiger partial charge in [-0.05, 0) is 50.6 Å². The minimum Gasteiger partial charge on any atom is -0.459 e. The van der Waals surface area contributed by atoms with Crippen LogP contribution in [0, 0.1) is 12.7 Å². The second-order valence-electron chi connectivity index (χ2n) is 4.79. The fraction of sp³-hybridized carbons (Fsp3) is 0.375. The lowest BCUT2D eigenvalue weighted by Gasteiger charge is -2.10. The topological polar surface area (TPSA) is 25.2 Å². The van der Waals surface area contributed by atoms with Gasteiger partial charge in [-0.3, -0.25) is 0 Å². The Hall–Kier alpha value is -1.61. The van der Waals surface area contributed by atoms with Crippen LogP contribution in [0.5, 0.6) is 0 Å². The quantitative estimate of drug-likeness (QED) is 0.860. The highest BCUT2D eigenvalue weighted by Gasteiger charge is 2.13. The Morgan fingerprint density at radius 1 is 1.26 bits per heavy atom. The summed E-state index contributed by atoms with van der Waals surface area (Å²) in [6, 6.07) is 9.08. The van der Waals surface area contributed by atoms with E-state index in [0.717, 1.165) is 30.0 Å². The summed E-state index contributed by atoms with van der Waals surface area (Å²) in [6.45, 7) is 6.92. The Morgan fingerprint density at radius 3 is 2.79 bits per heavy atom.